The molecule has 0 saturated carbocycles. The molecule has 2 aromatic rings. The average molecular weight is 1040 g/mol. The lowest BCUT2D eigenvalue weighted by Crippen LogP contribution is -2.42. The van der Waals surface area contributed by atoms with Gasteiger partial charge in [-0.3, -0.25) is 0 Å². The Bertz CT molecular complexity index is 735. The minimum Gasteiger partial charge on any atom is -0.340 e. The number of ether oxygens (including phenoxy) is 1. The second-order valence-corrected chi connectivity index (χ2v) is 13.2. The van der Waals surface area contributed by atoms with E-state index in [1.54, 1.807) is 0 Å². The molecule has 146 valence electrons. The van der Waals surface area contributed by atoms with E-state index in [0.717, 1.165) is 26.1 Å². The van der Waals surface area contributed by atoms with E-state index in [-0.39, 0.29) is 6.35 Å². The van der Waals surface area contributed by atoms with E-state index in [4.69, 9.17) is 4.74 Å². The second kappa shape index (κ2) is 10.8. The monoisotopic (exact) mass is 1040 g/mol. The minimum absolute atomic E-state index is 0.0749. The summed E-state index contributed by atoms with van der Waals surface area (Å²) < 4.78 is 14.1. The first-order valence-electron chi connectivity index (χ1n) is 8.27. The number of rotatable bonds is 5. The number of benzene rings is 2. The van der Waals surface area contributed by atoms with Crippen LogP contribution in [0.5, 0.6) is 0 Å². The van der Waals surface area contributed by atoms with Crippen molar-refractivity contribution in [3.05, 3.63) is 45.7 Å². The summed E-state index contributed by atoms with van der Waals surface area (Å²) in [4.78, 5) is 4.86. The minimum atomic E-state index is -0.0749. The Morgan fingerprint density at radius 3 is 1.48 bits per heavy atom. The topological polar surface area (TPSA) is 15.7 Å². The Morgan fingerprint density at radius 2 is 1.15 bits per heavy atom. The van der Waals surface area contributed by atoms with Gasteiger partial charge in [0, 0.05) is 34.5 Å². The van der Waals surface area contributed by atoms with Crippen LogP contribution in [0.4, 0.5) is 11.4 Å². The largest absolute Gasteiger partial charge is 0.340 e. The third-order valence-corrected chi connectivity index (χ3v) is 8.66. The number of anilines is 2. The third-order valence-electron chi connectivity index (χ3n) is 4.12. The van der Waals surface area contributed by atoms with E-state index < -0.39 is 0 Å². The summed E-state index contributed by atoms with van der Waals surface area (Å²) in [5.41, 5.74) is 2.58. The third kappa shape index (κ3) is 5.60. The van der Waals surface area contributed by atoms with Crippen LogP contribution in [0.3, 0.4) is 0 Å². The van der Waals surface area contributed by atoms with Gasteiger partial charge in [0.1, 0.15) is 0 Å². The first-order valence-corrected chi connectivity index (χ1v) is 14.7. The van der Waals surface area contributed by atoms with Crippen molar-refractivity contribution >= 4 is 147 Å². The highest BCUT2D eigenvalue weighted by Gasteiger charge is 2.36. The Kier molecular flexibility index (Phi) is 9.61. The van der Waals surface area contributed by atoms with Crippen molar-refractivity contribution in [2.24, 2.45) is 0 Å². The van der Waals surface area contributed by atoms with Crippen LogP contribution in [0.25, 0.3) is 0 Å². The predicted molar refractivity (Wildman–Crippen MR) is 164 cm³/mol. The van der Waals surface area contributed by atoms with Crippen LogP contribution in [0.2, 0.25) is 0 Å². The van der Waals surface area contributed by atoms with Gasteiger partial charge in [-0.2, -0.15) is 0 Å². The maximum absolute atomic E-state index is 6.40. The van der Waals surface area contributed by atoms with Crippen LogP contribution in [0.1, 0.15) is 13.3 Å². The van der Waals surface area contributed by atoms with E-state index >= 15 is 0 Å². The van der Waals surface area contributed by atoms with Crippen molar-refractivity contribution in [1.29, 1.82) is 0 Å². The first-order chi connectivity index (χ1) is 12.8. The summed E-state index contributed by atoms with van der Waals surface area (Å²) >= 11 is 14.6. The van der Waals surface area contributed by atoms with Crippen LogP contribution >= 0.6 is 136 Å². The molecule has 0 N–H and O–H groups in total. The van der Waals surface area contributed by atoms with E-state index in [0.29, 0.717) is 0 Å². The highest BCUT2D eigenvalue weighted by molar-refractivity contribution is 14.1. The van der Waals surface area contributed by atoms with Crippen LogP contribution in [-0.4, -0.2) is 26.0 Å². The summed E-state index contributed by atoms with van der Waals surface area (Å²) in [7, 11) is 0. The van der Waals surface area contributed by atoms with Gasteiger partial charge in [-0.1, -0.05) is 6.92 Å². The van der Waals surface area contributed by atoms with Crippen LogP contribution in [0, 0.1) is 21.4 Å². The maximum Gasteiger partial charge on any atom is 0.210 e. The van der Waals surface area contributed by atoms with Gasteiger partial charge >= 0.3 is 0 Å². The number of hydrogen-bond acceptors (Lipinski definition) is 3. The SMILES string of the molecule is CCCOC1N(c2c(I)cc(I)cc2I)CCN1c1c(I)cc(I)cc1I. The Hall–Kier alpha value is 2.38. The molecule has 0 atom stereocenters. The molecule has 9 heteroatoms. The molecule has 2 aromatic carbocycles. The number of halogens is 6. The fraction of sp³-hybridized carbons (Fsp3) is 0.333. The van der Waals surface area contributed by atoms with Crippen LogP contribution in [0.15, 0.2) is 24.3 Å². The Balaban J connectivity index is 2.04. The quantitative estimate of drug-likeness (QED) is 0.292. The van der Waals surface area contributed by atoms with E-state index in [9.17, 15) is 0 Å². The summed E-state index contributed by atoms with van der Waals surface area (Å²) in [5.74, 6) is 0. The zero-order valence-corrected chi connectivity index (χ0v) is 27.2. The van der Waals surface area contributed by atoms with Gasteiger partial charge in [-0.15, -0.1) is 0 Å². The second-order valence-electron chi connectivity index (χ2n) is 6.02. The normalized spacial score (nSPS) is 15.1. The molecule has 0 spiro atoms. The molecular weight excluding hydrogens is 1020 g/mol. The van der Waals surface area contributed by atoms with Crippen molar-refractivity contribution in [2.75, 3.05) is 29.5 Å². The summed E-state index contributed by atoms with van der Waals surface area (Å²) in [6, 6.07) is 8.99. The molecule has 0 unspecified atom stereocenters. The van der Waals surface area contributed by atoms with Gasteiger partial charge < -0.3 is 14.5 Å². The lowest BCUT2D eigenvalue weighted by molar-refractivity contribution is 0.0630. The average Bonchev–Trinajstić information content (AvgIpc) is 2.94. The Morgan fingerprint density at radius 1 is 0.778 bits per heavy atom. The van der Waals surface area contributed by atoms with Crippen molar-refractivity contribution < 1.29 is 4.74 Å². The molecular formula is C18H16I6N2O. The highest BCUT2D eigenvalue weighted by atomic mass is 127. The smallest absolute Gasteiger partial charge is 0.210 e. The van der Waals surface area contributed by atoms with Crippen molar-refractivity contribution in [3.8, 4) is 0 Å². The van der Waals surface area contributed by atoms with E-state index in [1.165, 1.54) is 32.8 Å². The molecule has 0 aliphatic carbocycles. The summed E-state index contributed by atoms with van der Waals surface area (Å²) in [5, 5.41) is 0. The molecule has 1 aliphatic rings. The fourth-order valence-electron chi connectivity index (χ4n) is 3.07. The molecule has 3 rings (SSSR count). The van der Waals surface area contributed by atoms with Crippen molar-refractivity contribution in [2.45, 2.75) is 19.7 Å². The molecule has 1 heterocycles. The molecule has 0 radical (unpaired) electrons. The first kappa shape index (κ1) is 24.0. The van der Waals surface area contributed by atoms with Gasteiger partial charge in [0.05, 0.1) is 18.0 Å². The van der Waals surface area contributed by atoms with Gasteiger partial charge in [-0.05, 0) is 166 Å². The molecule has 0 aromatic heterocycles. The van der Waals surface area contributed by atoms with Crippen molar-refractivity contribution in [1.82, 2.24) is 0 Å². The molecule has 3 nitrogen and oxygen atoms in total. The predicted octanol–water partition coefficient (Wildman–Crippen LogP) is 7.35. The lowest BCUT2D eigenvalue weighted by atomic mass is 10.3. The summed E-state index contributed by atoms with van der Waals surface area (Å²) in [6.45, 7) is 4.84. The molecule has 1 aliphatic heterocycles. The fourth-order valence-corrected chi connectivity index (χ4v) is 11.5. The van der Waals surface area contributed by atoms with Gasteiger partial charge in [0.15, 0.2) is 0 Å². The molecule has 0 bridgehead atoms. The zero-order valence-electron chi connectivity index (χ0n) is 14.3. The zero-order chi connectivity index (χ0) is 19.7. The number of nitrogens with zero attached hydrogens (tertiary/aromatic N) is 2. The number of hydrogen-bond donors (Lipinski definition) is 0. The van der Waals surface area contributed by atoms with E-state index in [1.807, 2.05) is 0 Å². The van der Waals surface area contributed by atoms with Crippen molar-refractivity contribution in [3.63, 3.8) is 0 Å². The van der Waals surface area contributed by atoms with Gasteiger partial charge in [-0.25, -0.2) is 0 Å². The maximum atomic E-state index is 6.40. The summed E-state index contributed by atoms with van der Waals surface area (Å²) in [6.07, 6.45) is 0.939. The van der Waals surface area contributed by atoms with E-state index in [2.05, 4.69) is 177 Å². The highest BCUT2D eigenvalue weighted by Crippen LogP contribution is 2.39. The standard InChI is InChI=1S/C18H16I6N2O/c1-2-5-27-18-25(16-12(21)6-10(19)7-13(16)22)3-4-26(18)17-14(23)8-11(20)9-15(17)24/h6-9,18H,2-5H2,1H3. The van der Waals surface area contributed by atoms with Crippen LogP contribution < -0.4 is 9.80 Å². The Labute approximate surface area is 242 Å². The molecule has 27 heavy (non-hydrogen) atoms. The van der Waals surface area contributed by atoms with Gasteiger partial charge in [0.25, 0.3) is 0 Å². The molecule has 1 saturated heterocycles. The van der Waals surface area contributed by atoms with Crippen LogP contribution in [-0.2, 0) is 4.74 Å². The molecule has 0 amide bonds. The van der Waals surface area contributed by atoms with Gasteiger partial charge in [0.2, 0.25) is 6.35 Å². The molecule has 1 fully saturated rings. The lowest BCUT2D eigenvalue weighted by Gasteiger charge is -2.34.